The number of nitrogens with zero attached hydrogens (tertiary/aromatic N) is 5. The molecule has 11 nitrogen and oxygen atoms in total. The number of ether oxygens (including phenoxy) is 2. The first-order valence-corrected chi connectivity index (χ1v) is 24.8. The van der Waals surface area contributed by atoms with Gasteiger partial charge >= 0.3 is 0 Å². The van der Waals surface area contributed by atoms with E-state index in [0.29, 0.717) is 19.4 Å². The number of amides is 1. The molecule has 67 heavy (non-hydrogen) atoms. The van der Waals surface area contributed by atoms with Gasteiger partial charge in [-0.15, -0.1) is 11.3 Å². The number of benzene rings is 4. The molecule has 350 valence electrons. The molecule has 1 saturated heterocycles. The van der Waals surface area contributed by atoms with Crippen LogP contribution in [-0.4, -0.2) is 82.6 Å². The second-order valence-electron chi connectivity index (χ2n) is 17.8. The van der Waals surface area contributed by atoms with Gasteiger partial charge in [-0.2, -0.15) is 0 Å². The largest absolute Gasteiger partial charge is 0.481 e. The zero-order valence-electron chi connectivity index (χ0n) is 39.3. The number of hydrogen-bond acceptors (Lipinski definition) is 9. The number of aryl methyl sites for hydroxylation is 6. The summed E-state index contributed by atoms with van der Waals surface area (Å²) in [5.41, 5.74) is 12.1. The number of halogens is 1. The van der Waals surface area contributed by atoms with Gasteiger partial charge in [0.25, 0.3) is 5.91 Å². The predicted molar refractivity (Wildman–Crippen MR) is 268 cm³/mol. The summed E-state index contributed by atoms with van der Waals surface area (Å²) < 4.78 is 36.7. The number of nitrogens with one attached hydrogen (secondary N) is 2. The summed E-state index contributed by atoms with van der Waals surface area (Å²) in [6, 6.07) is 27.3. The molecule has 0 radical (unpaired) electrons. The molecule has 1 aliphatic heterocycles. The van der Waals surface area contributed by atoms with Crippen molar-refractivity contribution in [3.8, 4) is 27.3 Å². The lowest BCUT2D eigenvalue weighted by molar-refractivity contribution is -0.123. The smallest absolute Gasteiger partial charge is 0.257 e. The Morgan fingerprint density at radius 3 is 2.39 bits per heavy atom. The summed E-state index contributed by atoms with van der Waals surface area (Å²) in [5, 5.41) is 15.5. The summed E-state index contributed by atoms with van der Waals surface area (Å²) in [5.74, 6) is 1.07. The fourth-order valence-electron chi connectivity index (χ4n) is 9.53. The Hall–Kier alpha value is -5.86. The standard InChI is InChI=1S/C54H62FN7O4S/c1-5-61-47-16-10-40(29-44(47)43-15-13-41(32-49(43)61)51-28-36(2)35-67-51)33-56-20-8-6-7-9-21-57-53(63)34-65-50-18-11-39(30-45(50)55)12-19-52-58-46-31-42(54-37(3)59-66-38(54)4)14-17-48(46)62(52)23-22-60-24-26-64-27-25-60/h10-11,13-18,28-32,35,56H,5-9,12,19-27,33-34H2,1-4H3,(H,57,63). The molecule has 1 aliphatic rings. The Balaban J connectivity index is 0.696. The molecular formula is C54H62FN7O4S. The number of carbonyl (C=O) groups excluding carboxylic acids is 1. The Kier molecular flexibility index (Phi) is 14.8. The van der Waals surface area contributed by atoms with Gasteiger partial charge in [0, 0.05) is 84.5 Å². The average molecular weight is 924 g/mol. The summed E-state index contributed by atoms with van der Waals surface area (Å²) in [6.07, 6.45) is 5.27. The van der Waals surface area contributed by atoms with E-state index in [4.69, 9.17) is 19.0 Å². The van der Waals surface area contributed by atoms with Gasteiger partial charge < -0.3 is 33.8 Å². The van der Waals surface area contributed by atoms with Gasteiger partial charge in [0.2, 0.25) is 0 Å². The van der Waals surface area contributed by atoms with Crippen LogP contribution in [0.3, 0.4) is 0 Å². The van der Waals surface area contributed by atoms with Crippen molar-refractivity contribution in [2.75, 3.05) is 52.5 Å². The van der Waals surface area contributed by atoms with Gasteiger partial charge in [-0.05, 0) is 135 Å². The van der Waals surface area contributed by atoms with Crippen LogP contribution in [0.15, 0.2) is 88.8 Å². The van der Waals surface area contributed by atoms with E-state index in [1.807, 2.05) is 19.9 Å². The average Bonchev–Trinajstić information content (AvgIpc) is 4.11. The molecule has 0 spiro atoms. The number of imidazole rings is 1. The third-order valence-electron chi connectivity index (χ3n) is 13.1. The molecule has 9 rings (SSSR count). The van der Waals surface area contributed by atoms with Crippen molar-refractivity contribution in [3.63, 3.8) is 0 Å². The molecule has 1 fully saturated rings. The van der Waals surface area contributed by atoms with Crippen molar-refractivity contribution in [1.82, 2.24) is 34.8 Å². The number of rotatable bonds is 21. The first-order valence-electron chi connectivity index (χ1n) is 23.9. The van der Waals surface area contributed by atoms with Gasteiger partial charge in [-0.25, -0.2) is 9.37 Å². The fourth-order valence-corrected chi connectivity index (χ4v) is 10.4. The Bertz CT molecular complexity index is 2960. The molecule has 0 aliphatic carbocycles. The number of aromatic nitrogens is 4. The van der Waals surface area contributed by atoms with Crippen molar-refractivity contribution in [1.29, 1.82) is 0 Å². The van der Waals surface area contributed by atoms with Crippen molar-refractivity contribution in [2.45, 2.75) is 85.9 Å². The van der Waals surface area contributed by atoms with Crippen LogP contribution in [0.25, 0.3) is 54.4 Å². The van der Waals surface area contributed by atoms with E-state index in [1.54, 1.807) is 17.4 Å². The van der Waals surface area contributed by atoms with Gasteiger partial charge in [-0.1, -0.05) is 48.3 Å². The maximum Gasteiger partial charge on any atom is 0.257 e. The molecule has 0 unspecified atom stereocenters. The zero-order valence-corrected chi connectivity index (χ0v) is 40.1. The summed E-state index contributed by atoms with van der Waals surface area (Å²) in [4.78, 5) is 21.4. The second-order valence-corrected chi connectivity index (χ2v) is 18.8. The minimum atomic E-state index is -0.480. The van der Waals surface area contributed by atoms with E-state index in [1.165, 1.54) is 49.4 Å². The first-order chi connectivity index (χ1) is 32.7. The first kappa shape index (κ1) is 46.3. The van der Waals surface area contributed by atoms with Crippen molar-refractivity contribution < 1.29 is 23.2 Å². The normalized spacial score (nSPS) is 13.4. The van der Waals surface area contributed by atoms with Crippen LogP contribution in [0, 0.1) is 26.6 Å². The summed E-state index contributed by atoms with van der Waals surface area (Å²) in [6.45, 7) is 16.3. The van der Waals surface area contributed by atoms with Crippen LogP contribution in [0.5, 0.6) is 5.75 Å². The molecular weight excluding hydrogens is 862 g/mol. The van der Waals surface area contributed by atoms with Crippen LogP contribution < -0.4 is 15.4 Å². The van der Waals surface area contributed by atoms with Crippen LogP contribution in [0.2, 0.25) is 0 Å². The van der Waals surface area contributed by atoms with E-state index in [9.17, 15) is 4.79 Å². The lowest BCUT2D eigenvalue weighted by Crippen LogP contribution is -2.38. The highest BCUT2D eigenvalue weighted by molar-refractivity contribution is 7.13. The minimum absolute atomic E-state index is 0.0714. The predicted octanol–water partition coefficient (Wildman–Crippen LogP) is 10.6. The van der Waals surface area contributed by atoms with Crippen LogP contribution in [0.1, 0.15) is 66.6 Å². The van der Waals surface area contributed by atoms with Crippen molar-refractivity contribution in [3.05, 3.63) is 124 Å². The highest BCUT2D eigenvalue weighted by Crippen LogP contribution is 2.35. The van der Waals surface area contributed by atoms with Crippen LogP contribution in [-0.2, 0) is 42.0 Å². The number of hydrogen-bond donors (Lipinski definition) is 2. The Morgan fingerprint density at radius 1 is 0.806 bits per heavy atom. The van der Waals surface area contributed by atoms with E-state index in [-0.39, 0.29) is 18.3 Å². The number of carbonyl (C=O) groups is 1. The maximum absolute atomic E-state index is 15.3. The molecule has 2 N–H and O–H groups in total. The summed E-state index contributed by atoms with van der Waals surface area (Å²) in [7, 11) is 0. The van der Waals surface area contributed by atoms with E-state index in [2.05, 4.69) is 110 Å². The Labute approximate surface area is 396 Å². The lowest BCUT2D eigenvalue weighted by atomic mass is 10.0. The fraction of sp³-hybridized carbons (Fsp3) is 0.389. The minimum Gasteiger partial charge on any atom is -0.481 e. The van der Waals surface area contributed by atoms with Crippen LogP contribution >= 0.6 is 11.3 Å². The molecule has 1 amide bonds. The SMILES string of the molecule is CCn1c2ccc(CNCCCCCCNC(=O)COc3ccc(CCc4nc5cc(-c6c(C)noc6C)ccc5n4CCN4CCOCC4)cc3F)cc2c2ccc(-c3cc(C)cs3)cc21. The molecule has 0 atom stereocenters. The van der Waals surface area contributed by atoms with E-state index >= 15 is 4.39 Å². The summed E-state index contributed by atoms with van der Waals surface area (Å²) >= 11 is 1.80. The molecule has 4 aromatic carbocycles. The highest BCUT2D eigenvalue weighted by atomic mass is 32.1. The molecule has 0 bridgehead atoms. The number of morpholine rings is 1. The maximum atomic E-state index is 15.3. The number of unbranched alkanes of at least 4 members (excludes halogenated alkanes) is 3. The van der Waals surface area contributed by atoms with Gasteiger partial charge in [-0.3, -0.25) is 9.69 Å². The third-order valence-corrected chi connectivity index (χ3v) is 14.2. The van der Waals surface area contributed by atoms with Gasteiger partial charge in [0.15, 0.2) is 18.2 Å². The van der Waals surface area contributed by atoms with Crippen molar-refractivity contribution >= 4 is 50.1 Å². The second kappa shape index (κ2) is 21.4. The molecule has 13 heteroatoms. The molecule has 8 aromatic rings. The third kappa shape index (κ3) is 10.8. The topological polar surface area (TPSA) is 112 Å². The lowest BCUT2D eigenvalue weighted by Gasteiger charge is -2.27. The van der Waals surface area contributed by atoms with E-state index in [0.717, 1.165) is 130 Å². The quantitative estimate of drug-likeness (QED) is 0.0686. The van der Waals surface area contributed by atoms with Gasteiger partial charge in [0.05, 0.1) is 29.9 Å². The van der Waals surface area contributed by atoms with E-state index < -0.39 is 5.82 Å². The molecule has 5 heterocycles. The van der Waals surface area contributed by atoms with Crippen LogP contribution in [0.4, 0.5) is 4.39 Å². The molecule has 4 aromatic heterocycles. The Morgan fingerprint density at radius 2 is 1.61 bits per heavy atom. The number of thiophene rings is 1. The number of fused-ring (bicyclic) bond motifs is 4. The zero-order chi connectivity index (χ0) is 46.3. The van der Waals surface area contributed by atoms with Crippen molar-refractivity contribution in [2.24, 2.45) is 0 Å². The molecule has 0 saturated carbocycles. The monoisotopic (exact) mass is 923 g/mol. The highest BCUT2D eigenvalue weighted by Gasteiger charge is 2.19. The van der Waals surface area contributed by atoms with Gasteiger partial charge in [0.1, 0.15) is 11.6 Å².